The summed E-state index contributed by atoms with van der Waals surface area (Å²) >= 11 is 0. The lowest BCUT2D eigenvalue weighted by molar-refractivity contribution is 0.0692. The van der Waals surface area contributed by atoms with E-state index in [1.807, 2.05) is 0 Å². The standard InChI is InChI=1S/C14H19N3O3/c1-9(2)5-4-6-20-12-10-8-16-17(3)13(10)15-7-11(12)14(18)19/h7-9H,4-6H2,1-3H3,(H,18,19). The molecule has 6 nitrogen and oxygen atoms in total. The first-order valence-corrected chi connectivity index (χ1v) is 6.67. The van der Waals surface area contributed by atoms with Crippen molar-refractivity contribution >= 4 is 17.0 Å². The van der Waals surface area contributed by atoms with Crippen LogP contribution >= 0.6 is 0 Å². The second kappa shape index (κ2) is 5.90. The van der Waals surface area contributed by atoms with E-state index in [0.29, 0.717) is 29.3 Å². The summed E-state index contributed by atoms with van der Waals surface area (Å²) in [4.78, 5) is 15.4. The Morgan fingerprint density at radius 2 is 2.20 bits per heavy atom. The maximum atomic E-state index is 11.3. The van der Waals surface area contributed by atoms with Crippen molar-refractivity contribution in [1.29, 1.82) is 0 Å². The molecule has 1 N–H and O–H groups in total. The molecule has 0 amide bonds. The van der Waals surface area contributed by atoms with Crippen LogP contribution in [0.3, 0.4) is 0 Å². The van der Waals surface area contributed by atoms with Gasteiger partial charge >= 0.3 is 5.97 Å². The van der Waals surface area contributed by atoms with Crippen molar-refractivity contribution in [2.75, 3.05) is 6.61 Å². The Bertz CT molecular complexity index is 619. The molecule has 2 aromatic rings. The van der Waals surface area contributed by atoms with Crippen molar-refractivity contribution in [2.45, 2.75) is 26.7 Å². The minimum atomic E-state index is -1.04. The van der Waals surface area contributed by atoms with Crippen molar-refractivity contribution in [3.05, 3.63) is 18.0 Å². The van der Waals surface area contributed by atoms with Gasteiger partial charge in [-0.1, -0.05) is 13.8 Å². The molecule has 0 aliphatic carbocycles. The van der Waals surface area contributed by atoms with E-state index in [1.54, 1.807) is 17.9 Å². The summed E-state index contributed by atoms with van der Waals surface area (Å²) in [5.74, 6) is -0.0742. The maximum Gasteiger partial charge on any atom is 0.341 e. The van der Waals surface area contributed by atoms with Crippen LogP contribution in [0.25, 0.3) is 11.0 Å². The Hall–Kier alpha value is -2.11. The number of nitrogens with zero attached hydrogens (tertiary/aromatic N) is 3. The molecule has 0 radical (unpaired) electrons. The smallest absolute Gasteiger partial charge is 0.341 e. The topological polar surface area (TPSA) is 77.2 Å². The third-order valence-corrected chi connectivity index (χ3v) is 3.12. The number of aryl methyl sites for hydroxylation is 1. The van der Waals surface area contributed by atoms with Gasteiger partial charge in [0.15, 0.2) is 5.65 Å². The Balaban J connectivity index is 2.28. The van der Waals surface area contributed by atoms with Crippen LogP contribution in [0.2, 0.25) is 0 Å². The van der Waals surface area contributed by atoms with Gasteiger partial charge in [-0.05, 0) is 18.8 Å². The minimum Gasteiger partial charge on any atom is -0.492 e. The van der Waals surface area contributed by atoms with Crippen LogP contribution in [0.5, 0.6) is 5.75 Å². The number of carboxylic acids is 1. The van der Waals surface area contributed by atoms with Crippen LogP contribution in [0, 0.1) is 5.92 Å². The molecule has 0 fully saturated rings. The van der Waals surface area contributed by atoms with Gasteiger partial charge in [-0.2, -0.15) is 5.10 Å². The zero-order valence-corrected chi connectivity index (χ0v) is 12.0. The highest BCUT2D eigenvalue weighted by molar-refractivity contribution is 5.97. The third-order valence-electron chi connectivity index (χ3n) is 3.12. The first-order valence-electron chi connectivity index (χ1n) is 6.67. The van der Waals surface area contributed by atoms with Crippen LogP contribution in [-0.4, -0.2) is 32.4 Å². The van der Waals surface area contributed by atoms with Crippen molar-refractivity contribution in [1.82, 2.24) is 14.8 Å². The largest absolute Gasteiger partial charge is 0.492 e. The number of hydrogen-bond acceptors (Lipinski definition) is 4. The number of carboxylic acid groups (broad SMARTS) is 1. The summed E-state index contributed by atoms with van der Waals surface area (Å²) in [6, 6.07) is 0. The van der Waals surface area contributed by atoms with Crippen LogP contribution < -0.4 is 4.74 Å². The van der Waals surface area contributed by atoms with Gasteiger partial charge in [0.2, 0.25) is 0 Å². The van der Waals surface area contributed by atoms with Gasteiger partial charge in [-0.3, -0.25) is 4.68 Å². The zero-order valence-electron chi connectivity index (χ0n) is 12.0. The van der Waals surface area contributed by atoms with E-state index in [0.717, 1.165) is 12.8 Å². The van der Waals surface area contributed by atoms with Crippen molar-refractivity contribution < 1.29 is 14.6 Å². The first-order chi connectivity index (χ1) is 9.50. The number of aromatic carboxylic acids is 1. The molecular formula is C14H19N3O3. The highest BCUT2D eigenvalue weighted by atomic mass is 16.5. The van der Waals surface area contributed by atoms with Gasteiger partial charge in [0.1, 0.15) is 11.3 Å². The normalized spacial score (nSPS) is 11.2. The van der Waals surface area contributed by atoms with E-state index < -0.39 is 5.97 Å². The monoisotopic (exact) mass is 277 g/mol. The number of rotatable bonds is 6. The number of fused-ring (bicyclic) bond motifs is 1. The van der Waals surface area contributed by atoms with Gasteiger partial charge in [0, 0.05) is 13.2 Å². The average Bonchev–Trinajstić information content (AvgIpc) is 2.76. The molecule has 0 aliphatic rings. The van der Waals surface area contributed by atoms with Crippen molar-refractivity contribution in [2.24, 2.45) is 13.0 Å². The molecule has 0 saturated heterocycles. The Morgan fingerprint density at radius 3 is 2.85 bits per heavy atom. The van der Waals surface area contributed by atoms with Gasteiger partial charge in [0.25, 0.3) is 0 Å². The molecule has 0 aromatic carbocycles. The second-order valence-electron chi connectivity index (χ2n) is 5.20. The summed E-state index contributed by atoms with van der Waals surface area (Å²) < 4.78 is 7.30. The molecule has 2 rings (SSSR count). The summed E-state index contributed by atoms with van der Waals surface area (Å²) in [5.41, 5.74) is 0.698. The summed E-state index contributed by atoms with van der Waals surface area (Å²) in [6.45, 7) is 4.79. The number of hydrogen-bond donors (Lipinski definition) is 1. The Labute approximate surface area is 117 Å². The third kappa shape index (κ3) is 2.89. The fraction of sp³-hybridized carbons (Fsp3) is 0.500. The molecule has 2 heterocycles. The number of pyridine rings is 1. The molecule has 20 heavy (non-hydrogen) atoms. The van der Waals surface area contributed by atoms with Crippen LogP contribution in [0.4, 0.5) is 0 Å². The lowest BCUT2D eigenvalue weighted by Gasteiger charge is -2.11. The van der Waals surface area contributed by atoms with E-state index >= 15 is 0 Å². The molecule has 0 bridgehead atoms. The molecule has 0 unspecified atom stereocenters. The van der Waals surface area contributed by atoms with Gasteiger partial charge in [0.05, 0.1) is 18.2 Å². The highest BCUT2D eigenvalue weighted by Crippen LogP contribution is 2.28. The fourth-order valence-electron chi connectivity index (χ4n) is 2.05. The lowest BCUT2D eigenvalue weighted by atomic mass is 10.1. The summed E-state index contributed by atoms with van der Waals surface area (Å²) in [6.07, 6.45) is 4.85. The molecule has 108 valence electrons. The molecular weight excluding hydrogens is 258 g/mol. The number of carbonyl (C=O) groups is 1. The predicted octanol–water partition coefficient (Wildman–Crippen LogP) is 2.48. The molecule has 0 spiro atoms. The van der Waals surface area contributed by atoms with Gasteiger partial charge < -0.3 is 9.84 Å². The number of aromatic nitrogens is 3. The Morgan fingerprint density at radius 1 is 1.45 bits per heavy atom. The highest BCUT2D eigenvalue weighted by Gasteiger charge is 2.18. The van der Waals surface area contributed by atoms with Crippen LogP contribution in [-0.2, 0) is 7.05 Å². The summed E-state index contributed by atoms with van der Waals surface area (Å²) in [7, 11) is 1.76. The Kier molecular flexibility index (Phi) is 4.22. The molecule has 0 aliphatic heterocycles. The van der Waals surface area contributed by atoms with Gasteiger partial charge in [-0.25, -0.2) is 9.78 Å². The SMILES string of the molecule is CC(C)CCCOc1c(C(=O)O)cnc2c1cnn2C. The van der Waals surface area contributed by atoms with Gasteiger partial charge in [-0.15, -0.1) is 0 Å². The molecule has 0 saturated carbocycles. The van der Waals surface area contributed by atoms with E-state index in [2.05, 4.69) is 23.9 Å². The van der Waals surface area contributed by atoms with Crippen LogP contribution in [0.15, 0.2) is 12.4 Å². The van der Waals surface area contributed by atoms with E-state index in [4.69, 9.17) is 4.74 Å². The zero-order chi connectivity index (χ0) is 14.7. The quantitative estimate of drug-likeness (QED) is 0.821. The van der Waals surface area contributed by atoms with Crippen LogP contribution in [0.1, 0.15) is 37.0 Å². The maximum absolute atomic E-state index is 11.3. The van der Waals surface area contributed by atoms with E-state index in [1.165, 1.54) is 6.20 Å². The van der Waals surface area contributed by atoms with Crippen molar-refractivity contribution in [3.63, 3.8) is 0 Å². The lowest BCUT2D eigenvalue weighted by Crippen LogP contribution is -2.07. The predicted molar refractivity (Wildman–Crippen MR) is 75.0 cm³/mol. The van der Waals surface area contributed by atoms with E-state index in [-0.39, 0.29) is 5.56 Å². The molecule has 6 heteroatoms. The molecule has 0 atom stereocenters. The fourth-order valence-corrected chi connectivity index (χ4v) is 2.05. The second-order valence-corrected chi connectivity index (χ2v) is 5.20. The number of ether oxygens (including phenoxy) is 1. The first kappa shape index (κ1) is 14.3. The van der Waals surface area contributed by atoms with Crippen molar-refractivity contribution in [3.8, 4) is 5.75 Å². The average molecular weight is 277 g/mol. The van der Waals surface area contributed by atoms with E-state index in [9.17, 15) is 9.90 Å². The minimum absolute atomic E-state index is 0.0787. The summed E-state index contributed by atoms with van der Waals surface area (Å²) in [5, 5.41) is 14.0. The molecule has 2 aromatic heterocycles.